The Kier molecular flexibility index (Phi) is 3.57. The first-order valence-corrected chi connectivity index (χ1v) is 6.63. The van der Waals surface area contributed by atoms with E-state index in [4.69, 9.17) is 0 Å². The smallest absolute Gasteiger partial charge is 0.0621 e. The van der Waals surface area contributed by atoms with Gasteiger partial charge in [0.2, 0.25) is 0 Å². The number of nitrogens with one attached hydrogen (secondary N) is 1. The van der Waals surface area contributed by atoms with Gasteiger partial charge in [-0.2, -0.15) is 0 Å². The standard InChI is InChI=1S/C13H26N2O/c1-13(2)11(8-12(13)16)14-9-10-6-4-5-7-15(10)3/h10-12,14,16H,4-9H2,1-3H3. The van der Waals surface area contributed by atoms with E-state index in [-0.39, 0.29) is 11.5 Å². The summed E-state index contributed by atoms with van der Waals surface area (Å²) in [5, 5.41) is 13.3. The number of rotatable bonds is 3. The minimum Gasteiger partial charge on any atom is -0.392 e. The van der Waals surface area contributed by atoms with Gasteiger partial charge >= 0.3 is 0 Å². The van der Waals surface area contributed by atoms with Crippen molar-refractivity contribution in [2.75, 3.05) is 20.1 Å². The van der Waals surface area contributed by atoms with Gasteiger partial charge in [0.15, 0.2) is 0 Å². The third-order valence-electron chi connectivity index (χ3n) is 4.74. The zero-order valence-electron chi connectivity index (χ0n) is 10.9. The molecule has 0 bridgehead atoms. The lowest BCUT2D eigenvalue weighted by Gasteiger charge is -2.50. The molecule has 3 heteroatoms. The molecule has 2 rings (SSSR count). The number of likely N-dealkylation sites (N-methyl/N-ethyl adjacent to an activating group) is 1. The largest absolute Gasteiger partial charge is 0.392 e. The third kappa shape index (κ3) is 2.27. The first-order chi connectivity index (χ1) is 7.51. The second-order valence-electron chi connectivity index (χ2n) is 6.16. The molecule has 94 valence electrons. The van der Waals surface area contributed by atoms with Crippen LogP contribution in [-0.2, 0) is 0 Å². The molecule has 0 aromatic carbocycles. The predicted molar refractivity (Wildman–Crippen MR) is 66.5 cm³/mol. The van der Waals surface area contributed by atoms with Gasteiger partial charge in [-0.25, -0.2) is 0 Å². The highest BCUT2D eigenvalue weighted by atomic mass is 16.3. The molecule has 1 heterocycles. The number of nitrogens with zero attached hydrogens (tertiary/aromatic N) is 1. The lowest BCUT2D eigenvalue weighted by molar-refractivity contribution is -0.0740. The Morgan fingerprint density at radius 3 is 2.69 bits per heavy atom. The summed E-state index contributed by atoms with van der Waals surface area (Å²) in [4.78, 5) is 2.47. The molecule has 1 aliphatic carbocycles. The second kappa shape index (κ2) is 4.63. The lowest BCUT2D eigenvalue weighted by atomic mass is 9.64. The maximum Gasteiger partial charge on any atom is 0.0621 e. The van der Waals surface area contributed by atoms with Crippen molar-refractivity contribution in [3.05, 3.63) is 0 Å². The Hall–Kier alpha value is -0.120. The van der Waals surface area contributed by atoms with Crippen molar-refractivity contribution >= 4 is 0 Å². The molecule has 1 aliphatic heterocycles. The average molecular weight is 226 g/mol. The van der Waals surface area contributed by atoms with E-state index >= 15 is 0 Å². The maximum absolute atomic E-state index is 9.68. The van der Waals surface area contributed by atoms with Gasteiger partial charge in [0, 0.05) is 24.0 Å². The molecule has 0 amide bonds. The van der Waals surface area contributed by atoms with Crippen LogP contribution in [0.3, 0.4) is 0 Å². The summed E-state index contributed by atoms with van der Waals surface area (Å²) in [5.41, 5.74) is 0.0627. The fraction of sp³-hybridized carbons (Fsp3) is 1.00. The zero-order valence-corrected chi connectivity index (χ0v) is 10.9. The van der Waals surface area contributed by atoms with E-state index < -0.39 is 0 Å². The molecule has 16 heavy (non-hydrogen) atoms. The van der Waals surface area contributed by atoms with E-state index in [0.29, 0.717) is 12.1 Å². The van der Waals surface area contributed by atoms with E-state index in [9.17, 15) is 5.11 Å². The Bertz CT molecular complexity index is 238. The van der Waals surface area contributed by atoms with Crippen LogP contribution in [0.15, 0.2) is 0 Å². The minimum absolute atomic E-state index is 0.0627. The zero-order chi connectivity index (χ0) is 11.8. The molecule has 2 aliphatic rings. The van der Waals surface area contributed by atoms with Gasteiger partial charge in [-0.05, 0) is 32.9 Å². The van der Waals surface area contributed by atoms with Crippen LogP contribution in [0.5, 0.6) is 0 Å². The van der Waals surface area contributed by atoms with Gasteiger partial charge in [0.05, 0.1) is 6.10 Å². The van der Waals surface area contributed by atoms with Gasteiger partial charge < -0.3 is 15.3 Å². The monoisotopic (exact) mass is 226 g/mol. The van der Waals surface area contributed by atoms with Crippen LogP contribution >= 0.6 is 0 Å². The molecular formula is C13H26N2O. The number of likely N-dealkylation sites (tertiary alicyclic amines) is 1. The van der Waals surface area contributed by atoms with Gasteiger partial charge in [-0.15, -0.1) is 0 Å². The Balaban J connectivity index is 1.75. The summed E-state index contributed by atoms with van der Waals surface area (Å²) in [6.45, 7) is 6.63. The normalized spacial score (nSPS) is 39.4. The van der Waals surface area contributed by atoms with Crippen molar-refractivity contribution in [2.24, 2.45) is 5.41 Å². The van der Waals surface area contributed by atoms with Crippen molar-refractivity contribution in [1.29, 1.82) is 0 Å². The number of hydrogen-bond acceptors (Lipinski definition) is 3. The quantitative estimate of drug-likeness (QED) is 0.759. The maximum atomic E-state index is 9.68. The SMILES string of the molecule is CN1CCCCC1CNC1CC(O)C1(C)C. The van der Waals surface area contributed by atoms with E-state index in [1.807, 2.05) is 0 Å². The van der Waals surface area contributed by atoms with Crippen molar-refractivity contribution in [1.82, 2.24) is 10.2 Å². The molecular weight excluding hydrogens is 200 g/mol. The Morgan fingerprint density at radius 2 is 2.12 bits per heavy atom. The van der Waals surface area contributed by atoms with Crippen molar-refractivity contribution < 1.29 is 5.11 Å². The number of piperidine rings is 1. The van der Waals surface area contributed by atoms with Crippen molar-refractivity contribution in [3.63, 3.8) is 0 Å². The Morgan fingerprint density at radius 1 is 1.38 bits per heavy atom. The Labute approximate surface area is 99.2 Å². The first kappa shape index (κ1) is 12.3. The molecule has 0 spiro atoms. The molecule has 0 radical (unpaired) electrons. The topological polar surface area (TPSA) is 35.5 Å². The van der Waals surface area contributed by atoms with E-state index in [1.54, 1.807) is 0 Å². The van der Waals surface area contributed by atoms with Crippen LogP contribution < -0.4 is 5.32 Å². The van der Waals surface area contributed by atoms with Crippen LogP contribution in [-0.4, -0.2) is 48.3 Å². The van der Waals surface area contributed by atoms with Gasteiger partial charge in [0.1, 0.15) is 0 Å². The predicted octanol–water partition coefficient (Wildman–Crippen LogP) is 1.22. The summed E-state index contributed by atoms with van der Waals surface area (Å²) in [7, 11) is 2.23. The summed E-state index contributed by atoms with van der Waals surface area (Å²) in [6.07, 6.45) is 4.84. The summed E-state index contributed by atoms with van der Waals surface area (Å²) >= 11 is 0. The number of aliphatic hydroxyl groups excluding tert-OH is 1. The first-order valence-electron chi connectivity index (χ1n) is 6.63. The van der Waals surface area contributed by atoms with Gasteiger partial charge in [0.25, 0.3) is 0 Å². The highest BCUT2D eigenvalue weighted by Crippen LogP contribution is 2.40. The highest BCUT2D eigenvalue weighted by molar-refractivity contribution is 5.02. The highest BCUT2D eigenvalue weighted by Gasteiger charge is 2.47. The minimum atomic E-state index is -0.117. The van der Waals surface area contributed by atoms with Crippen LogP contribution in [0, 0.1) is 5.41 Å². The van der Waals surface area contributed by atoms with Gasteiger partial charge in [-0.1, -0.05) is 20.3 Å². The number of aliphatic hydroxyl groups is 1. The molecule has 2 N–H and O–H groups in total. The molecule has 3 nitrogen and oxygen atoms in total. The van der Waals surface area contributed by atoms with Crippen LogP contribution in [0.2, 0.25) is 0 Å². The van der Waals surface area contributed by atoms with Crippen molar-refractivity contribution in [3.8, 4) is 0 Å². The molecule has 0 aromatic rings. The molecule has 3 atom stereocenters. The molecule has 1 saturated carbocycles. The second-order valence-corrected chi connectivity index (χ2v) is 6.16. The average Bonchev–Trinajstić information content (AvgIpc) is 2.26. The lowest BCUT2D eigenvalue weighted by Crippen LogP contribution is -2.61. The summed E-state index contributed by atoms with van der Waals surface area (Å²) in [5.74, 6) is 0. The molecule has 2 fully saturated rings. The summed E-state index contributed by atoms with van der Waals surface area (Å²) < 4.78 is 0. The third-order valence-corrected chi connectivity index (χ3v) is 4.74. The van der Waals surface area contributed by atoms with E-state index in [1.165, 1.54) is 25.8 Å². The fourth-order valence-corrected chi connectivity index (χ4v) is 2.93. The van der Waals surface area contributed by atoms with E-state index in [0.717, 1.165) is 13.0 Å². The molecule has 0 aromatic heterocycles. The van der Waals surface area contributed by atoms with E-state index in [2.05, 4.69) is 31.1 Å². The van der Waals surface area contributed by atoms with Crippen LogP contribution in [0.1, 0.15) is 39.5 Å². The van der Waals surface area contributed by atoms with Gasteiger partial charge in [-0.3, -0.25) is 0 Å². The molecule has 1 saturated heterocycles. The summed E-state index contributed by atoms with van der Waals surface area (Å²) in [6, 6.07) is 1.19. The molecule has 3 unspecified atom stereocenters. The number of hydrogen-bond donors (Lipinski definition) is 2. The van der Waals surface area contributed by atoms with Crippen LogP contribution in [0.4, 0.5) is 0 Å². The van der Waals surface area contributed by atoms with Crippen LogP contribution in [0.25, 0.3) is 0 Å². The fourth-order valence-electron chi connectivity index (χ4n) is 2.93. The van der Waals surface area contributed by atoms with Crippen molar-refractivity contribution in [2.45, 2.75) is 57.7 Å².